The topological polar surface area (TPSA) is 12.0 Å². The Bertz CT molecular complexity index is 548. The zero-order chi connectivity index (χ0) is 15.2. The molecule has 0 amide bonds. The van der Waals surface area contributed by atoms with Crippen LogP contribution in [0.3, 0.4) is 0 Å². The van der Waals surface area contributed by atoms with Gasteiger partial charge in [-0.2, -0.15) is 0 Å². The summed E-state index contributed by atoms with van der Waals surface area (Å²) in [6.07, 6.45) is 0.596. The lowest BCUT2D eigenvalue weighted by molar-refractivity contribution is 0.455. The van der Waals surface area contributed by atoms with E-state index in [0.29, 0.717) is 12.0 Å². The molecule has 2 aromatic carbocycles. The molecule has 0 saturated heterocycles. The van der Waals surface area contributed by atoms with Crippen LogP contribution in [0.4, 0.5) is 8.78 Å². The lowest BCUT2D eigenvalue weighted by atomic mass is 9.89. The van der Waals surface area contributed by atoms with E-state index >= 15 is 0 Å². The quantitative estimate of drug-likeness (QED) is 0.836. The first-order valence-corrected chi connectivity index (χ1v) is 7.33. The number of hydrogen-bond acceptors (Lipinski definition) is 1. The molecule has 112 valence electrons. The molecule has 21 heavy (non-hydrogen) atoms. The zero-order valence-corrected chi connectivity index (χ0v) is 12.4. The van der Waals surface area contributed by atoms with Gasteiger partial charge in [0.15, 0.2) is 0 Å². The van der Waals surface area contributed by atoms with Crippen molar-refractivity contribution in [2.45, 2.75) is 32.2 Å². The summed E-state index contributed by atoms with van der Waals surface area (Å²) in [4.78, 5) is 0. The molecule has 0 radical (unpaired) electrons. The number of benzene rings is 2. The fraction of sp³-hybridized carbons (Fsp3) is 0.333. The van der Waals surface area contributed by atoms with Crippen LogP contribution >= 0.6 is 0 Å². The number of nitrogens with one attached hydrogen (secondary N) is 1. The van der Waals surface area contributed by atoms with E-state index in [-0.39, 0.29) is 12.0 Å². The summed E-state index contributed by atoms with van der Waals surface area (Å²) >= 11 is 0. The van der Waals surface area contributed by atoms with Gasteiger partial charge in [-0.25, -0.2) is 8.78 Å². The normalized spacial score (nSPS) is 13.9. The Balaban J connectivity index is 2.18. The van der Waals surface area contributed by atoms with Crippen LogP contribution < -0.4 is 5.32 Å². The Hall–Kier alpha value is -1.74. The van der Waals surface area contributed by atoms with Crippen LogP contribution in [0.15, 0.2) is 48.5 Å². The maximum absolute atomic E-state index is 13.3. The van der Waals surface area contributed by atoms with Gasteiger partial charge < -0.3 is 5.32 Å². The molecular formula is C18H21F2N. The third kappa shape index (κ3) is 4.36. The van der Waals surface area contributed by atoms with E-state index in [4.69, 9.17) is 0 Å². The van der Waals surface area contributed by atoms with Gasteiger partial charge in [0.05, 0.1) is 0 Å². The van der Waals surface area contributed by atoms with Crippen LogP contribution in [-0.4, -0.2) is 12.6 Å². The van der Waals surface area contributed by atoms with E-state index < -0.39 is 11.6 Å². The van der Waals surface area contributed by atoms with E-state index in [1.165, 1.54) is 17.7 Å². The molecule has 2 atom stereocenters. The first kappa shape index (κ1) is 15.6. The van der Waals surface area contributed by atoms with Crippen molar-refractivity contribution in [2.24, 2.45) is 0 Å². The van der Waals surface area contributed by atoms with E-state index in [9.17, 15) is 8.78 Å². The molecule has 2 rings (SSSR count). The summed E-state index contributed by atoms with van der Waals surface area (Å²) in [6, 6.07) is 14.0. The first-order valence-electron chi connectivity index (χ1n) is 7.33. The molecule has 0 aliphatic rings. The van der Waals surface area contributed by atoms with Crippen molar-refractivity contribution in [1.29, 1.82) is 0 Å². The van der Waals surface area contributed by atoms with Crippen LogP contribution in [0.25, 0.3) is 0 Å². The first-order chi connectivity index (χ1) is 10.1. The molecule has 1 N–H and O–H groups in total. The van der Waals surface area contributed by atoms with Crippen LogP contribution in [0, 0.1) is 11.6 Å². The second-order valence-electron chi connectivity index (χ2n) is 5.35. The standard InChI is InChI=1S/C18H21F2N/c1-3-21-18(13(2)15-7-5-4-6-8-15)11-14-9-16(19)12-17(20)10-14/h4-10,12-13,18,21H,3,11H2,1-2H3. The molecule has 0 saturated carbocycles. The molecule has 0 spiro atoms. The van der Waals surface area contributed by atoms with Crippen LogP contribution in [0.1, 0.15) is 30.9 Å². The Labute approximate surface area is 125 Å². The second-order valence-corrected chi connectivity index (χ2v) is 5.35. The van der Waals surface area contributed by atoms with Gasteiger partial charge in [-0.1, -0.05) is 44.2 Å². The molecule has 2 unspecified atom stereocenters. The summed E-state index contributed by atoms with van der Waals surface area (Å²) in [7, 11) is 0. The van der Waals surface area contributed by atoms with Crippen molar-refractivity contribution in [1.82, 2.24) is 5.32 Å². The summed E-state index contributed by atoms with van der Waals surface area (Å²) in [5.41, 5.74) is 1.90. The van der Waals surface area contributed by atoms with Gasteiger partial charge in [-0.3, -0.25) is 0 Å². The van der Waals surface area contributed by atoms with Gasteiger partial charge in [0.1, 0.15) is 11.6 Å². The largest absolute Gasteiger partial charge is 0.313 e. The van der Waals surface area contributed by atoms with Gasteiger partial charge in [0.2, 0.25) is 0 Å². The Kier molecular flexibility index (Phi) is 5.45. The minimum absolute atomic E-state index is 0.138. The number of likely N-dealkylation sites (N-methyl/N-ethyl adjacent to an activating group) is 1. The highest BCUT2D eigenvalue weighted by molar-refractivity contribution is 5.24. The molecule has 0 aromatic heterocycles. The number of halogens is 2. The average molecular weight is 289 g/mol. The van der Waals surface area contributed by atoms with Crippen molar-refractivity contribution in [3.8, 4) is 0 Å². The molecule has 0 aliphatic heterocycles. The summed E-state index contributed by atoms with van der Waals surface area (Å²) in [5.74, 6) is -0.780. The van der Waals surface area contributed by atoms with Gasteiger partial charge in [-0.15, -0.1) is 0 Å². The predicted octanol–water partition coefficient (Wildman–Crippen LogP) is 4.29. The van der Waals surface area contributed by atoms with Crippen LogP contribution in [0.5, 0.6) is 0 Å². The lowest BCUT2D eigenvalue weighted by Crippen LogP contribution is -2.35. The van der Waals surface area contributed by atoms with E-state index in [1.807, 2.05) is 25.1 Å². The van der Waals surface area contributed by atoms with Crippen molar-refractivity contribution < 1.29 is 8.78 Å². The van der Waals surface area contributed by atoms with Crippen molar-refractivity contribution in [2.75, 3.05) is 6.54 Å². The molecule has 0 fully saturated rings. The van der Waals surface area contributed by atoms with E-state index in [1.54, 1.807) is 0 Å². The van der Waals surface area contributed by atoms with Crippen LogP contribution in [-0.2, 0) is 6.42 Å². The zero-order valence-electron chi connectivity index (χ0n) is 12.4. The molecule has 0 bridgehead atoms. The fourth-order valence-electron chi connectivity index (χ4n) is 2.66. The molecular weight excluding hydrogens is 268 g/mol. The number of hydrogen-bond donors (Lipinski definition) is 1. The Morgan fingerprint density at radius 2 is 1.62 bits per heavy atom. The second kappa shape index (κ2) is 7.32. The lowest BCUT2D eigenvalue weighted by Gasteiger charge is -2.25. The highest BCUT2D eigenvalue weighted by Gasteiger charge is 2.19. The van der Waals surface area contributed by atoms with Crippen molar-refractivity contribution in [3.63, 3.8) is 0 Å². The SMILES string of the molecule is CCNC(Cc1cc(F)cc(F)c1)C(C)c1ccccc1. The average Bonchev–Trinajstić information content (AvgIpc) is 2.46. The fourth-order valence-corrected chi connectivity index (χ4v) is 2.66. The molecule has 0 heterocycles. The van der Waals surface area contributed by atoms with Crippen LogP contribution in [0.2, 0.25) is 0 Å². The Morgan fingerprint density at radius 3 is 2.19 bits per heavy atom. The predicted molar refractivity (Wildman–Crippen MR) is 82.4 cm³/mol. The van der Waals surface area contributed by atoms with Crippen molar-refractivity contribution in [3.05, 3.63) is 71.3 Å². The van der Waals surface area contributed by atoms with Gasteiger partial charge in [0, 0.05) is 12.1 Å². The van der Waals surface area contributed by atoms with Gasteiger partial charge in [0.25, 0.3) is 0 Å². The summed E-state index contributed by atoms with van der Waals surface area (Å²) in [6.45, 7) is 4.99. The molecule has 3 heteroatoms. The Morgan fingerprint density at radius 1 is 1.00 bits per heavy atom. The summed E-state index contributed by atoms with van der Waals surface area (Å²) < 4.78 is 26.7. The maximum atomic E-state index is 13.3. The van der Waals surface area contributed by atoms with Gasteiger partial charge >= 0.3 is 0 Å². The summed E-state index contributed by atoms with van der Waals surface area (Å²) in [5, 5.41) is 3.42. The monoisotopic (exact) mass is 289 g/mol. The number of rotatable bonds is 6. The van der Waals surface area contributed by atoms with E-state index in [2.05, 4.69) is 24.4 Å². The smallest absolute Gasteiger partial charge is 0.126 e. The van der Waals surface area contributed by atoms with E-state index in [0.717, 1.165) is 12.6 Å². The van der Waals surface area contributed by atoms with Crippen molar-refractivity contribution >= 4 is 0 Å². The maximum Gasteiger partial charge on any atom is 0.126 e. The molecule has 2 aromatic rings. The van der Waals surface area contributed by atoms with Gasteiger partial charge in [-0.05, 0) is 42.1 Å². The highest BCUT2D eigenvalue weighted by Crippen LogP contribution is 2.22. The molecule has 0 aliphatic carbocycles. The minimum Gasteiger partial charge on any atom is -0.313 e. The molecule has 1 nitrogen and oxygen atoms in total. The third-order valence-corrected chi connectivity index (χ3v) is 3.77. The third-order valence-electron chi connectivity index (χ3n) is 3.77. The minimum atomic E-state index is -0.521. The highest BCUT2D eigenvalue weighted by atomic mass is 19.1.